The van der Waals surface area contributed by atoms with E-state index in [4.69, 9.17) is 4.74 Å². The van der Waals surface area contributed by atoms with Crippen LogP contribution in [0.15, 0.2) is 78.9 Å². The predicted octanol–water partition coefficient (Wildman–Crippen LogP) is 3.45. The Morgan fingerprint density at radius 2 is 1.66 bits per heavy atom. The Bertz CT molecular complexity index is 1430. The summed E-state index contributed by atoms with van der Waals surface area (Å²) in [4.78, 5) is 42.1. The fourth-order valence-corrected chi connectivity index (χ4v) is 6.26. The van der Waals surface area contributed by atoms with Gasteiger partial charge in [-0.05, 0) is 75.1 Å². The van der Waals surface area contributed by atoms with Gasteiger partial charge in [-0.2, -0.15) is 0 Å². The van der Waals surface area contributed by atoms with Crippen LogP contribution in [-0.2, 0) is 22.6 Å². The van der Waals surface area contributed by atoms with Crippen LogP contribution in [0.3, 0.4) is 0 Å². The molecule has 3 amide bonds. The van der Waals surface area contributed by atoms with Crippen LogP contribution in [0.4, 0.5) is 0 Å². The molecule has 3 aromatic rings. The van der Waals surface area contributed by atoms with Crippen molar-refractivity contribution in [2.75, 3.05) is 12.5 Å². The first-order valence-corrected chi connectivity index (χ1v) is 15.6. The number of aliphatic hydroxyl groups is 2. The number of aryl methyl sites for hydroxylation is 1. The number of hydrogen-bond acceptors (Lipinski definition) is 7. The van der Waals surface area contributed by atoms with Crippen LogP contribution < -0.4 is 15.4 Å². The second-order valence-electron chi connectivity index (χ2n) is 11.6. The second kappa shape index (κ2) is 14.7. The standard InChI is InChI=1S/C34H41N3O6S/c1-22-10-8-9-13-26(22)19-35-32(41)30-34(3,4)44-21-37(30)33(42)29(39)28(18-24-11-6-5-7-12-24)36-31(40)25-14-16-27(17-15-25)43-20-23(2)38/h5-17,23,28-30,38-39H,18-21H2,1-4H3,(H,35,41)(H,36,40)/t23?,28-,29-,30+/m0/s1. The molecule has 1 fully saturated rings. The molecule has 9 nitrogen and oxygen atoms in total. The third-order valence-corrected chi connectivity index (χ3v) is 9.02. The zero-order valence-electron chi connectivity index (χ0n) is 25.5. The van der Waals surface area contributed by atoms with E-state index in [0.717, 1.165) is 16.7 Å². The number of aliphatic hydroxyl groups excluding tert-OH is 2. The van der Waals surface area contributed by atoms with Crippen molar-refractivity contribution >= 4 is 29.5 Å². The zero-order valence-corrected chi connectivity index (χ0v) is 26.3. The van der Waals surface area contributed by atoms with Gasteiger partial charge in [-0.25, -0.2) is 0 Å². The number of thioether (sulfide) groups is 1. The van der Waals surface area contributed by atoms with E-state index < -0.39 is 40.9 Å². The first kappa shape index (κ1) is 33.0. The average Bonchev–Trinajstić information content (AvgIpc) is 3.33. The van der Waals surface area contributed by atoms with E-state index in [1.165, 1.54) is 16.7 Å². The lowest BCUT2D eigenvalue weighted by Gasteiger charge is -2.33. The largest absolute Gasteiger partial charge is 0.491 e. The molecule has 4 atom stereocenters. The molecule has 1 saturated heterocycles. The molecule has 4 rings (SSSR count). The van der Waals surface area contributed by atoms with Crippen molar-refractivity contribution in [2.24, 2.45) is 0 Å². The van der Waals surface area contributed by atoms with Crippen LogP contribution in [-0.4, -0.2) is 74.4 Å². The van der Waals surface area contributed by atoms with Gasteiger partial charge in [0.25, 0.3) is 11.8 Å². The van der Waals surface area contributed by atoms with Gasteiger partial charge in [0, 0.05) is 16.9 Å². The number of rotatable bonds is 12. The van der Waals surface area contributed by atoms with Gasteiger partial charge in [-0.1, -0.05) is 54.6 Å². The fourth-order valence-electron chi connectivity index (χ4n) is 5.12. The number of hydrogen-bond donors (Lipinski definition) is 4. The molecule has 10 heteroatoms. The van der Waals surface area contributed by atoms with Gasteiger partial charge in [0.2, 0.25) is 5.91 Å². The Morgan fingerprint density at radius 1 is 1.00 bits per heavy atom. The van der Waals surface area contributed by atoms with Gasteiger partial charge in [-0.3, -0.25) is 14.4 Å². The lowest BCUT2D eigenvalue weighted by atomic mass is 9.96. The van der Waals surface area contributed by atoms with Gasteiger partial charge >= 0.3 is 0 Å². The van der Waals surface area contributed by atoms with Gasteiger partial charge < -0.3 is 30.5 Å². The van der Waals surface area contributed by atoms with E-state index >= 15 is 0 Å². The van der Waals surface area contributed by atoms with E-state index in [9.17, 15) is 24.6 Å². The van der Waals surface area contributed by atoms with Crippen molar-refractivity contribution in [3.63, 3.8) is 0 Å². The Morgan fingerprint density at radius 3 is 2.32 bits per heavy atom. The van der Waals surface area contributed by atoms with E-state index in [1.807, 2.05) is 75.4 Å². The molecule has 234 valence electrons. The number of amides is 3. The Balaban J connectivity index is 1.51. The molecule has 1 aliphatic heterocycles. The molecule has 1 unspecified atom stereocenters. The molecule has 0 aliphatic carbocycles. The maximum absolute atomic E-state index is 13.9. The Kier molecular flexibility index (Phi) is 11.1. The van der Waals surface area contributed by atoms with Crippen LogP contribution in [0.5, 0.6) is 5.75 Å². The van der Waals surface area contributed by atoms with Gasteiger partial charge in [-0.15, -0.1) is 11.8 Å². The van der Waals surface area contributed by atoms with Crippen LogP contribution in [0, 0.1) is 6.92 Å². The molecule has 1 heterocycles. The first-order chi connectivity index (χ1) is 21.0. The van der Waals surface area contributed by atoms with Crippen molar-refractivity contribution in [2.45, 2.75) is 69.7 Å². The van der Waals surface area contributed by atoms with Gasteiger partial charge in [0.1, 0.15) is 18.4 Å². The topological polar surface area (TPSA) is 128 Å². The molecule has 1 aliphatic rings. The minimum absolute atomic E-state index is 0.121. The number of carbonyl (C=O) groups is 3. The summed E-state index contributed by atoms with van der Waals surface area (Å²) in [7, 11) is 0. The SMILES string of the molecule is Cc1ccccc1CNC(=O)[C@H]1N(C(=O)[C@@H](O)[C@H](Cc2ccccc2)NC(=O)c2ccc(OCC(C)O)cc2)CSC1(C)C. The summed E-state index contributed by atoms with van der Waals surface area (Å²) >= 11 is 1.47. The summed E-state index contributed by atoms with van der Waals surface area (Å²) in [6, 6.07) is 21.7. The van der Waals surface area contributed by atoms with Crippen molar-refractivity contribution in [1.82, 2.24) is 15.5 Å². The Hall–Kier alpha value is -3.86. The number of benzene rings is 3. The maximum atomic E-state index is 13.9. The zero-order chi connectivity index (χ0) is 31.9. The quantitative estimate of drug-likeness (QED) is 0.245. The van der Waals surface area contributed by atoms with E-state index in [-0.39, 0.29) is 24.8 Å². The minimum Gasteiger partial charge on any atom is -0.491 e. The Labute approximate surface area is 263 Å². The molecule has 0 bridgehead atoms. The molecule has 0 saturated carbocycles. The first-order valence-electron chi connectivity index (χ1n) is 14.7. The van der Waals surface area contributed by atoms with Crippen LogP contribution in [0.1, 0.15) is 47.8 Å². The minimum atomic E-state index is -1.60. The van der Waals surface area contributed by atoms with Gasteiger partial charge in [0.15, 0.2) is 6.10 Å². The summed E-state index contributed by atoms with van der Waals surface area (Å²) in [6.45, 7) is 7.85. The number of ether oxygens (including phenoxy) is 1. The number of nitrogens with zero attached hydrogens (tertiary/aromatic N) is 1. The molecule has 0 spiro atoms. The molecule has 0 aromatic heterocycles. The molecular weight excluding hydrogens is 578 g/mol. The molecule has 44 heavy (non-hydrogen) atoms. The highest BCUT2D eigenvalue weighted by Gasteiger charge is 2.49. The third kappa shape index (κ3) is 8.40. The smallest absolute Gasteiger partial charge is 0.254 e. The van der Waals surface area contributed by atoms with Crippen molar-refractivity contribution in [1.29, 1.82) is 0 Å². The molecule has 4 N–H and O–H groups in total. The maximum Gasteiger partial charge on any atom is 0.254 e. The highest BCUT2D eigenvalue weighted by atomic mass is 32.2. The molecule has 0 radical (unpaired) electrons. The van der Waals surface area contributed by atoms with E-state index in [2.05, 4.69) is 10.6 Å². The summed E-state index contributed by atoms with van der Waals surface area (Å²) < 4.78 is 4.88. The highest BCUT2D eigenvalue weighted by Crippen LogP contribution is 2.40. The van der Waals surface area contributed by atoms with Crippen molar-refractivity contribution in [3.8, 4) is 5.75 Å². The molecule has 3 aromatic carbocycles. The van der Waals surface area contributed by atoms with Crippen molar-refractivity contribution < 1.29 is 29.3 Å². The normalized spacial score (nSPS) is 17.8. The number of carbonyl (C=O) groups excluding carboxylic acids is 3. The fraction of sp³-hybridized carbons (Fsp3) is 0.382. The van der Waals surface area contributed by atoms with Gasteiger partial charge in [0.05, 0.1) is 18.0 Å². The molecular formula is C34H41N3O6S. The van der Waals surface area contributed by atoms with E-state index in [0.29, 0.717) is 17.9 Å². The lowest BCUT2D eigenvalue weighted by Crippen LogP contribution is -2.58. The van der Waals surface area contributed by atoms with Crippen LogP contribution >= 0.6 is 11.8 Å². The summed E-state index contributed by atoms with van der Waals surface area (Å²) in [5, 5.41) is 26.8. The summed E-state index contributed by atoms with van der Waals surface area (Å²) in [5.41, 5.74) is 3.18. The predicted molar refractivity (Wildman–Crippen MR) is 171 cm³/mol. The van der Waals surface area contributed by atoms with Crippen LogP contribution in [0.2, 0.25) is 0 Å². The monoisotopic (exact) mass is 619 g/mol. The lowest BCUT2D eigenvalue weighted by molar-refractivity contribution is -0.147. The average molecular weight is 620 g/mol. The summed E-state index contributed by atoms with van der Waals surface area (Å²) in [6.07, 6.45) is -2.04. The van der Waals surface area contributed by atoms with Crippen LogP contribution in [0.25, 0.3) is 0 Å². The third-order valence-electron chi connectivity index (χ3n) is 7.65. The van der Waals surface area contributed by atoms with E-state index in [1.54, 1.807) is 31.2 Å². The number of nitrogens with one attached hydrogen (secondary N) is 2. The summed E-state index contributed by atoms with van der Waals surface area (Å²) in [5.74, 6) is -0.666. The highest BCUT2D eigenvalue weighted by molar-refractivity contribution is 8.00. The second-order valence-corrected chi connectivity index (χ2v) is 13.2. The van der Waals surface area contributed by atoms with Crippen molar-refractivity contribution in [3.05, 3.63) is 101 Å².